The molecule has 0 saturated carbocycles. The zero-order valence-electron chi connectivity index (χ0n) is 8.84. The van der Waals surface area contributed by atoms with E-state index in [0.717, 1.165) is 16.5 Å². The molecule has 2 rings (SSSR count). The second-order valence-corrected chi connectivity index (χ2v) is 3.60. The molecule has 16 heavy (non-hydrogen) atoms. The molecule has 0 aliphatic carbocycles. The van der Waals surface area contributed by atoms with Gasteiger partial charge in [-0.2, -0.15) is 0 Å². The van der Waals surface area contributed by atoms with Gasteiger partial charge in [0.1, 0.15) is 5.75 Å². The van der Waals surface area contributed by atoms with Crippen LogP contribution in [0.4, 0.5) is 0 Å². The molecule has 2 aromatic carbocycles. The van der Waals surface area contributed by atoms with Gasteiger partial charge in [0.25, 0.3) is 0 Å². The van der Waals surface area contributed by atoms with Gasteiger partial charge in [0.05, 0.1) is 6.61 Å². The van der Waals surface area contributed by atoms with Crippen LogP contribution in [-0.4, -0.2) is 23.1 Å². The molecule has 0 aliphatic rings. The van der Waals surface area contributed by atoms with Gasteiger partial charge in [-0.15, -0.1) is 0 Å². The third-order valence-electron chi connectivity index (χ3n) is 2.38. The summed E-state index contributed by atoms with van der Waals surface area (Å²) in [6, 6.07) is 13.8. The second kappa shape index (κ2) is 4.96. The van der Waals surface area contributed by atoms with Gasteiger partial charge in [0.2, 0.25) is 0 Å². The van der Waals surface area contributed by atoms with Crippen LogP contribution in [0.3, 0.4) is 0 Å². The summed E-state index contributed by atoms with van der Waals surface area (Å²) in [7, 11) is 0. The summed E-state index contributed by atoms with van der Waals surface area (Å²) in [6.45, 7) is 0.297. The molecule has 0 saturated heterocycles. The summed E-state index contributed by atoms with van der Waals surface area (Å²) in [5.74, 6) is 0.777. The Morgan fingerprint density at radius 2 is 1.75 bits per heavy atom. The van der Waals surface area contributed by atoms with Crippen molar-refractivity contribution in [3.63, 3.8) is 0 Å². The Hall–Kier alpha value is -1.58. The zero-order valence-corrected chi connectivity index (χ0v) is 8.84. The van der Waals surface area contributed by atoms with Crippen LogP contribution in [0.1, 0.15) is 6.42 Å². The summed E-state index contributed by atoms with van der Waals surface area (Å²) < 4.78 is 5.51. The van der Waals surface area contributed by atoms with Crippen LogP contribution in [0.2, 0.25) is 0 Å². The fraction of sp³-hybridized carbons (Fsp3) is 0.231. The van der Waals surface area contributed by atoms with Crippen molar-refractivity contribution in [2.45, 2.75) is 12.7 Å². The first-order chi connectivity index (χ1) is 7.77. The van der Waals surface area contributed by atoms with Gasteiger partial charge in [0.15, 0.2) is 6.29 Å². The quantitative estimate of drug-likeness (QED) is 0.771. The molecule has 0 unspecified atom stereocenters. The van der Waals surface area contributed by atoms with E-state index in [9.17, 15) is 0 Å². The topological polar surface area (TPSA) is 49.7 Å². The van der Waals surface area contributed by atoms with Gasteiger partial charge >= 0.3 is 0 Å². The number of benzene rings is 2. The van der Waals surface area contributed by atoms with Crippen molar-refractivity contribution in [2.75, 3.05) is 6.61 Å². The van der Waals surface area contributed by atoms with E-state index < -0.39 is 6.29 Å². The molecule has 0 aromatic heterocycles. The Morgan fingerprint density at radius 3 is 2.56 bits per heavy atom. The highest BCUT2D eigenvalue weighted by Gasteiger charge is 2.02. The number of hydrogen-bond donors (Lipinski definition) is 2. The third-order valence-corrected chi connectivity index (χ3v) is 2.38. The SMILES string of the molecule is OC(O)CCOc1cccc2ccccc12. The standard InChI is InChI=1S/C13H14O3/c14-13(15)8-9-16-12-7-3-5-10-4-1-2-6-11(10)12/h1-7,13-15H,8-9H2. The molecule has 0 atom stereocenters. The Kier molecular flexibility index (Phi) is 3.39. The molecule has 0 heterocycles. The first kappa shape index (κ1) is 10.9. The number of fused-ring (bicyclic) bond motifs is 1. The molecule has 0 amide bonds. The van der Waals surface area contributed by atoms with Crippen LogP contribution < -0.4 is 4.74 Å². The fourth-order valence-corrected chi connectivity index (χ4v) is 1.60. The normalized spacial score (nSPS) is 10.9. The smallest absolute Gasteiger partial charge is 0.154 e. The van der Waals surface area contributed by atoms with E-state index in [1.807, 2.05) is 42.5 Å². The molecule has 0 fully saturated rings. The van der Waals surface area contributed by atoms with Crippen LogP contribution in [-0.2, 0) is 0 Å². The molecule has 0 spiro atoms. The minimum atomic E-state index is -1.31. The lowest BCUT2D eigenvalue weighted by Crippen LogP contribution is -2.10. The lowest BCUT2D eigenvalue weighted by molar-refractivity contribution is -0.0519. The molecule has 0 radical (unpaired) electrons. The Bertz CT molecular complexity index is 460. The average molecular weight is 218 g/mol. The van der Waals surface area contributed by atoms with Crippen molar-refractivity contribution < 1.29 is 14.9 Å². The van der Waals surface area contributed by atoms with Crippen molar-refractivity contribution in [3.8, 4) is 5.75 Å². The maximum Gasteiger partial charge on any atom is 0.154 e. The lowest BCUT2D eigenvalue weighted by Gasteiger charge is -2.09. The minimum absolute atomic E-state index is 0.212. The third kappa shape index (κ3) is 2.51. The summed E-state index contributed by atoms with van der Waals surface area (Å²) >= 11 is 0. The van der Waals surface area contributed by atoms with Crippen molar-refractivity contribution in [1.82, 2.24) is 0 Å². The monoisotopic (exact) mass is 218 g/mol. The summed E-state index contributed by atoms with van der Waals surface area (Å²) in [6.07, 6.45) is -1.10. The number of hydrogen-bond acceptors (Lipinski definition) is 3. The van der Waals surface area contributed by atoms with E-state index >= 15 is 0 Å². The minimum Gasteiger partial charge on any atom is -0.493 e. The molecule has 2 aromatic rings. The summed E-state index contributed by atoms with van der Waals surface area (Å²) in [4.78, 5) is 0. The van der Waals surface area contributed by atoms with E-state index in [-0.39, 0.29) is 6.42 Å². The van der Waals surface area contributed by atoms with Crippen molar-refractivity contribution in [3.05, 3.63) is 42.5 Å². The van der Waals surface area contributed by atoms with Gasteiger partial charge in [0, 0.05) is 11.8 Å². The maximum absolute atomic E-state index is 8.72. The van der Waals surface area contributed by atoms with Gasteiger partial charge in [-0.05, 0) is 11.5 Å². The largest absolute Gasteiger partial charge is 0.493 e. The van der Waals surface area contributed by atoms with Gasteiger partial charge in [-0.25, -0.2) is 0 Å². The molecular formula is C13H14O3. The predicted octanol–water partition coefficient (Wildman–Crippen LogP) is 1.92. The summed E-state index contributed by atoms with van der Waals surface area (Å²) in [5, 5.41) is 19.6. The Balaban J connectivity index is 2.17. The molecule has 84 valence electrons. The predicted molar refractivity (Wildman–Crippen MR) is 62.3 cm³/mol. The number of aliphatic hydroxyl groups excluding tert-OH is 1. The Morgan fingerprint density at radius 1 is 1.00 bits per heavy atom. The van der Waals surface area contributed by atoms with E-state index in [4.69, 9.17) is 14.9 Å². The van der Waals surface area contributed by atoms with Crippen molar-refractivity contribution in [1.29, 1.82) is 0 Å². The van der Waals surface area contributed by atoms with Crippen LogP contribution in [0.25, 0.3) is 10.8 Å². The highest BCUT2D eigenvalue weighted by atomic mass is 16.5. The first-order valence-corrected chi connectivity index (χ1v) is 5.24. The highest BCUT2D eigenvalue weighted by Crippen LogP contribution is 2.25. The first-order valence-electron chi connectivity index (χ1n) is 5.24. The van der Waals surface area contributed by atoms with Crippen LogP contribution in [0, 0.1) is 0 Å². The molecule has 3 nitrogen and oxygen atoms in total. The fourth-order valence-electron chi connectivity index (χ4n) is 1.60. The van der Waals surface area contributed by atoms with Gasteiger partial charge in [-0.1, -0.05) is 36.4 Å². The molecular weight excluding hydrogens is 204 g/mol. The average Bonchev–Trinajstić information content (AvgIpc) is 2.29. The van der Waals surface area contributed by atoms with Crippen LogP contribution >= 0.6 is 0 Å². The number of rotatable bonds is 4. The van der Waals surface area contributed by atoms with E-state index in [1.54, 1.807) is 0 Å². The van der Waals surface area contributed by atoms with Gasteiger partial charge < -0.3 is 14.9 Å². The van der Waals surface area contributed by atoms with Gasteiger partial charge in [-0.3, -0.25) is 0 Å². The second-order valence-electron chi connectivity index (χ2n) is 3.60. The molecule has 0 aliphatic heterocycles. The Labute approximate surface area is 93.9 Å². The number of ether oxygens (including phenoxy) is 1. The lowest BCUT2D eigenvalue weighted by atomic mass is 10.1. The van der Waals surface area contributed by atoms with E-state index in [1.165, 1.54) is 0 Å². The maximum atomic E-state index is 8.72. The van der Waals surface area contributed by atoms with Crippen LogP contribution in [0.15, 0.2) is 42.5 Å². The van der Waals surface area contributed by atoms with E-state index in [0.29, 0.717) is 6.61 Å². The van der Waals surface area contributed by atoms with Crippen molar-refractivity contribution in [2.24, 2.45) is 0 Å². The van der Waals surface area contributed by atoms with E-state index in [2.05, 4.69) is 0 Å². The summed E-state index contributed by atoms with van der Waals surface area (Å²) in [5.41, 5.74) is 0. The zero-order chi connectivity index (χ0) is 11.4. The highest BCUT2D eigenvalue weighted by molar-refractivity contribution is 5.88. The molecule has 3 heteroatoms. The molecule has 0 bridgehead atoms. The van der Waals surface area contributed by atoms with Crippen molar-refractivity contribution >= 4 is 10.8 Å². The van der Waals surface area contributed by atoms with Crippen LogP contribution in [0.5, 0.6) is 5.75 Å². The molecule has 2 N–H and O–H groups in total. The number of aliphatic hydroxyl groups is 2.